The van der Waals surface area contributed by atoms with Crippen molar-refractivity contribution in [2.75, 3.05) is 13.2 Å². The molecule has 1 aromatic heterocycles. The number of hydrogen-bond acceptors (Lipinski definition) is 6. The van der Waals surface area contributed by atoms with Crippen LogP contribution in [0.2, 0.25) is 0 Å². The van der Waals surface area contributed by atoms with E-state index in [0.29, 0.717) is 24.5 Å². The Bertz CT molecular complexity index is 991. The molecule has 6 nitrogen and oxygen atoms in total. The smallest absolute Gasteiger partial charge is 0.197 e. The average Bonchev–Trinajstić information content (AvgIpc) is 2.68. The quantitative estimate of drug-likeness (QED) is 0.655. The number of phenols is 2. The third-order valence-corrected chi connectivity index (χ3v) is 4.28. The highest BCUT2D eigenvalue weighted by Crippen LogP contribution is 2.40. The molecule has 0 amide bonds. The maximum absolute atomic E-state index is 12.8. The second kappa shape index (κ2) is 8.24. The fourth-order valence-corrected chi connectivity index (χ4v) is 2.91. The lowest BCUT2D eigenvalue weighted by Gasteiger charge is -2.15. The summed E-state index contributed by atoms with van der Waals surface area (Å²) < 4.78 is 16.7. The van der Waals surface area contributed by atoms with Crippen molar-refractivity contribution < 1.29 is 24.1 Å². The minimum absolute atomic E-state index is 0.0110. The molecule has 0 fully saturated rings. The maximum Gasteiger partial charge on any atom is 0.197 e. The SMILES string of the molecule is CCOCc1c(O)c(COCC)c2oc(-c3ccccc3)cc(=O)c2c1O. The molecule has 0 atom stereocenters. The van der Waals surface area contributed by atoms with Crippen molar-refractivity contribution in [1.29, 1.82) is 0 Å². The van der Waals surface area contributed by atoms with Gasteiger partial charge in [0.1, 0.15) is 22.6 Å². The van der Waals surface area contributed by atoms with Crippen LogP contribution < -0.4 is 5.43 Å². The summed E-state index contributed by atoms with van der Waals surface area (Å²) in [6.07, 6.45) is 0. The van der Waals surface area contributed by atoms with Gasteiger partial charge < -0.3 is 24.1 Å². The molecule has 0 saturated carbocycles. The lowest BCUT2D eigenvalue weighted by atomic mass is 10.0. The molecule has 0 spiro atoms. The van der Waals surface area contributed by atoms with Crippen LogP contribution in [0.4, 0.5) is 0 Å². The number of phenolic OH excluding ortho intramolecular Hbond substituents is 2. The van der Waals surface area contributed by atoms with Gasteiger partial charge in [0.05, 0.1) is 24.3 Å². The second-order valence-corrected chi connectivity index (χ2v) is 5.97. The first-order chi connectivity index (χ1) is 13.1. The third kappa shape index (κ3) is 3.67. The van der Waals surface area contributed by atoms with E-state index in [2.05, 4.69) is 0 Å². The van der Waals surface area contributed by atoms with Gasteiger partial charge in [0.2, 0.25) is 0 Å². The Hall–Kier alpha value is -2.83. The number of rotatable bonds is 7. The molecule has 0 aliphatic heterocycles. The van der Waals surface area contributed by atoms with Crippen LogP contribution in [-0.4, -0.2) is 23.4 Å². The van der Waals surface area contributed by atoms with Crippen LogP contribution in [0.15, 0.2) is 45.6 Å². The Morgan fingerprint density at radius 1 is 0.926 bits per heavy atom. The molecule has 2 N–H and O–H groups in total. The van der Waals surface area contributed by atoms with E-state index in [1.807, 2.05) is 37.3 Å². The largest absolute Gasteiger partial charge is 0.507 e. The summed E-state index contributed by atoms with van der Waals surface area (Å²) >= 11 is 0. The number of ether oxygens (including phenoxy) is 2. The van der Waals surface area contributed by atoms with Gasteiger partial charge in [-0.2, -0.15) is 0 Å². The van der Waals surface area contributed by atoms with Crippen molar-refractivity contribution in [3.63, 3.8) is 0 Å². The monoisotopic (exact) mass is 370 g/mol. The Morgan fingerprint density at radius 2 is 1.56 bits per heavy atom. The van der Waals surface area contributed by atoms with E-state index in [9.17, 15) is 15.0 Å². The van der Waals surface area contributed by atoms with Gasteiger partial charge in [-0.15, -0.1) is 0 Å². The topological polar surface area (TPSA) is 89.1 Å². The molecule has 0 saturated heterocycles. The van der Waals surface area contributed by atoms with Crippen LogP contribution in [0.1, 0.15) is 25.0 Å². The Morgan fingerprint density at radius 3 is 2.19 bits per heavy atom. The molecule has 0 aliphatic carbocycles. The molecular formula is C21H22O6. The van der Waals surface area contributed by atoms with Crippen LogP contribution in [0.5, 0.6) is 11.5 Å². The van der Waals surface area contributed by atoms with E-state index in [0.717, 1.165) is 5.56 Å². The van der Waals surface area contributed by atoms with Gasteiger partial charge in [-0.1, -0.05) is 30.3 Å². The molecular weight excluding hydrogens is 348 g/mol. The summed E-state index contributed by atoms with van der Waals surface area (Å²) in [5.41, 5.74) is 0.900. The van der Waals surface area contributed by atoms with Crippen molar-refractivity contribution in [3.8, 4) is 22.8 Å². The molecule has 2 aromatic carbocycles. The van der Waals surface area contributed by atoms with Crippen molar-refractivity contribution >= 4 is 11.0 Å². The molecule has 3 aromatic rings. The minimum Gasteiger partial charge on any atom is -0.507 e. The van der Waals surface area contributed by atoms with Gasteiger partial charge in [-0.3, -0.25) is 4.79 Å². The lowest BCUT2D eigenvalue weighted by molar-refractivity contribution is 0.125. The minimum atomic E-state index is -0.400. The molecule has 1 heterocycles. The van der Waals surface area contributed by atoms with E-state index >= 15 is 0 Å². The highest BCUT2D eigenvalue weighted by Gasteiger charge is 2.23. The van der Waals surface area contributed by atoms with Crippen molar-refractivity contribution in [3.05, 3.63) is 57.7 Å². The molecule has 0 aliphatic rings. The fourth-order valence-electron chi connectivity index (χ4n) is 2.91. The molecule has 6 heteroatoms. The zero-order chi connectivity index (χ0) is 19.4. The predicted octanol–water partition coefficient (Wildman–Crippen LogP) is 3.94. The molecule has 0 unspecified atom stereocenters. The van der Waals surface area contributed by atoms with E-state index in [-0.39, 0.29) is 41.2 Å². The summed E-state index contributed by atoms with van der Waals surface area (Å²) in [5, 5.41) is 21.3. The zero-order valence-electron chi connectivity index (χ0n) is 15.3. The number of fused-ring (bicyclic) bond motifs is 1. The molecule has 0 radical (unpaired) electrons. The van der Waals surface area contributed by atoms with Gasteiger partial charge in [-0.25, -0.2) is 0 Å². The Balaban J connectivity index is 2.30. The second-order valence-electron chi connectivity index (χ2n) is 5.97. The standard InChI is InChI=1S/C21H22O6/c1-3-25-11-14-19(23)15(12-26-4-2)21-18(20(14)24)16(22)10-17(27-21)13-8-6-5-7-9-13/h5-10,23-24H,3-4,11-12H2,1-2H3. The first kappa shape index (κ1) is 18.9. The molecule has 0 bridgehead atoms. The first-order valence-corrected chi connectivity index (χ1v) is 8.82. The van der Waals surface area contributed by atoms with Crippen molar-refractivity contribution in [2.45, 2.75) is 27.1 Å². The van der Waals surface area contributed by atoms with Gasteiger partial charge in [-0.05, 0) is 13.8 Å². The lowest BCUT2D eigenvalue weighted by Crippen LogP contribution is -2.07. The van der Waals surface area contributed by atoms with Crippen LogP contribution in [0, 0.1) is 0 Å². The number of benzene rings is 2. The third-order valence-electron chi connectivity index (χ3n) is 4.28. The first-order valence-electron chi connectivity index (χ1n) is 8.82. The van der Waals surface area contributed by atoms with Crippen LogP contribution in [0.3, 0.4) is 0 Å². The number of hydrogen-bond donors (Lipinski definition) is 2. The number of aromatic hydroxyl groups is 2. The Labute approximate surface area is 156 Å². The van der Waals surface area contributed by atoms with Crippen LogP contribution in [-0.2, 0) is 22.7 Å². The van der Waals surface area contributed by atoms with Crippen molar-refractivity contribution in [1.82, 2.24) is 0 Å². The van der Waals surface area contributed by atoms with Gasteiger partial charge in [0, 0.05) is 24.8 Å². The highest BCUT2D eigenvalue weighted by molar-refractivity contribution is 5.91. The van der Waals surface area contributed by atoms with Gasteiger partial charge >= 0.3 is 0 Å². The van der Waals surface area contributed by atoms with E-state index in [1.165, 1.54) is 6.07 Å². The molecule has 27 heavy (non-hydrogen) atoms. The van der Waals surface area contributed by atoms with Gasteiger partial charge in [0.15, 0.2) is 11.0 Å². The fraction of sp³-hybridized carbons (Fsp3) is 0.286. The summed E-state index contributed by atoms with van der Waals surface area (Å²) in [6.45, 7) is 4.47. The highest BCUT2D eigenvalue weighted by atomic mass is 16.5. The van der Waals surface area contributed by atoms with E-state index in [1.54, 1.807) is 6.92 Å². The average molecular weight is 370 g/mol. The summed E-state index contributed by atoms with van der Waals surface area (Å²) in [7, 11) is 0. The van der Waals surface area contributed by atoms with E-state index < -0.39 is 5.43 Å². The molecule has 3 rings (SSSR count). The van der Waals surface area contributed by atoms with Crippen LogP contribution >= 0.6 is 0 Å². The maximum atomic E-state index is 12.8. The van der Waals surface area contributed by atoms with E-state index in [4.69, 9.17) is 13.9 Å². The zero-order valence-corrected chi connectivity index (χ0v) is 15.3. The van der Waals surface area contributed by atoms with Gasteiger partial charge in [0.25, 0.3) is 0 Å². The van der Waals surface area contributed by atoms with Crippen molar-refractivity contribution in [2.24, 2.45) is 0 Å². The molecule has 142 valence electrons. The summed E-state index contributed by atoms with van der Waals surface area (Å²) in [5.74, 6) is -0.165. The predicted molar refractivity (Wildman–Crippen MR) is 102 cm³/mol. The summed E-state index contributed by atoms with van der Waals surface area (Å²) in [6, 6.07) is 10.5. The normalized spacial score (nSPS) is 11.2. The Kier molecular flexibility index (Phi) is 5.78. The summed E-state index contributed by atoms with van der Waals surface area (Å²) in [4.78, 5) is 12.8. The van der Waals surface area contributed by atoms with Crippen LogP contribution in [0.25, 0.3) is 22.3 Å².